The molecule has 1 aromatic carbocycles. The molecule has 0 radical (unpaired) electrons. The van der Waals surface area contributed by atoms with Crippen molar-refractivity contribution in [2.24, 2.45) is 0 Å². The predicted molar refractivity (Wildman–Crippen MR) is 76.2 cm³/mol. The van der Waals surface area contributed by atoms with Crippen LogP contribution in [-0.2, 0) is 11.3 Å². The summed E-state index contributed by atoms with van der Waals surface area (Å²) in [5.74, 6) is 0. The lowest BCUT2D eigenvalue weighted by Crippen LogP contribution is -2.45. The minimum Gasteiger partial charge on any atom is -0.372 e. The Morgan fingerprint density at radius 3 is 2.50 bits per heavy atom. The molecule has 2 unspecified atom stereocenters. The molecule has 0 saturated carbocycles. The van der Waals surface area contributed by atoms with Crippen molar-refractivity contribution in [2.45, 2.75) is 39.5 Å². The third-order valence-electron chi connectivity index (χ3n) is 3.40. The van der Waals surface area contributed by atoms with E-state index in [9.17, 15) is 0 Å². The van der Waals surface area contributed by atoms with E-state index in [0.29, 0.717) is 12.2 Å². The zero-order chi connectivity index (χ0) is 13.1. The lowest BCUT2D eigenvalue weighted by atomic mass is 10.1. The molecule has 1 N–H and O–H groups in total. The van der Waals surface area contributed by atoms with Crippen molar-refractivity contribution < 1.29 is 4.74 Å². The zero-order valence-corrected chi connectivity index (χ0v) is 11.9. The number of rotatable bonds is 3. The highest BCUT2D eigenvalue weighted by molar-refractivity contribution is 5.55. The molecule has 0 aliphatic carbocycles. The van der Waals surface area contributed by atoms with Crippen LogP contribution >= 0.6 is 0 Å². The molecular formula is C15H24N2O. The molecular weight excluding hydrogens is 224 g/mol. The van der Waals surface area contributed by atoms with E-state index in [-0.39, 0.29) is 0 Å². The van der Waals surface area contributed by atoms with Crippen LogP contribution in [-0.4, -0.2) is 32.3 Å². The number of hydrogen-bond donors (Lipinski definition) is 1. The Morgan fingerprint density at radius 2 is 1.94 bits per heavy atom. The Kier molecular flexibility index (Phi) is 4.25. The maximum absolute atomic E-state index is 5.79. The van der Waals surface area contributed by atoms with Gasteiger partial charge in [0.1, 0.15) is 0 Å². The van der Waals surface area contributed by atoms with Crippen LogP contribution < -0.4 is 10.2 Å². The van der Waals surface area contributed by atoms with Gasteiger partial charge in [0.05, 0.1) is 12.2 Å². The lowest BCUT2D eigenvalue weighted by Gasteiger charge is -2.37. The van der Waals surface area contributed by atoms with E-state index >= 15 is 0 Å². The van der Waals surface area contributed by atoms with Crippen LogP contribution in [0, 0.1) is 6.92 Å². The molecule has 3 heteroatoms. The average molecular weight is 248 g/mol. The molecule has 0 bridgehead atoms. The monoisotopic (exact) mass is 248 g/mol. The van der Waals surface area contributed by atoms with Crippen molar-refractivity contribution in [1.29, 1.82) is 0 Å². The summed E-state index contributed by atoms with van der Waals surface area (Å²) >= 11 is 0. The Balaban J connectivity index is 2.17. The smallest absolute Gasteiger partial charge is 0.0726 e. The molecule has 0 aromatic heterocycles. The lowest BCUT2D eigenvalue weighted by molar-refractivity contribution is -0.00524. The van der Waals surface area contributed by atoms with Crippen molar-refractivity contribution in [3.63, 3.8) is 0 Å². The second kappa shape index (κ2) is 5.72. The molecule has 1 aromatic rings. The molecule has 0 spiro atoms. The Bertz CT molecular complexity index is 395. The van der Waals surface area contributed by atoms with E-state index < -0.39 is 0 Å². The number of nitrogens with zero attached hydrogens (tertiary/aromatic N) is 1. The summed E-state index contributed by atoms with van der Waals surface area (Å²) in [5, 5.41) is 3.19. The summed E-state index contributed by atoms with van der Waals surface area (Å²) < 4.78 is 5.79. The minimum atomic E-state index is 0.310. The van der Waals surface area contributed by atoms with Gasteiger partial charge in [-0.2, -0.15) is 0 Å². The Labute approximate surface area is 110 Å². The Morgan fingerprint density at radius 1 is 1.28 bits per heavy atom. The predicted octanol–water partition coefficient (Wildman–Crippen LogP) is 2.33. The van der Waals surface area contributed by atoms with Crippen LogP contribution in [0.3, 0.4) is 0 Å². The molecule has 3 nitrogen and oxygen atoms in total. The van der Waals surface area contributed by atoms with Gasteiger partial charge in [0.2, 0.25) is 0 Å². The summed E-state index contributed by atoms with van der Waals surface area (Å²) in [7, 11) is 1.98. The molecule has 2 rings (SSSR count). The normalized spacial score (nSPS) is 24.3. The van der Waals surface area contributed by atoms with Crippen LogP contribution in [0.2, 0.25) is 0 Å². The summed E-state index contributed by atoms with van der Waals surface area (Å²) in [4.78, 5) is 2.44. The number of aryl methyl sites for hydroxylation is 1. The van der Waals surface area contributed by atoms with Gasteiger partial charge in [0, 0.05) is 25.3 Å². The van der Waals surface area contributed by atoms with Crippen molar-refractivity contribution in [3.8, 4) is 0 Å². The van der Waals surface area contributed by atoms with Crippen molar-refractivity contribution in [2.75, 3.05) is 25.0 Å². The van der Waals surface area contributed by atoms with Crippen molar-refractivity contribution >= 4 is 5.69 Å². The average Bonchev–Trinajstić information content (AvgIpc) is 2.28. The van der Waals surface area contributed by atoms with Crippen LogP contribution in [0.15, 0.2) is 18.2 Å². The quantitative estimate of drug-likeness (QED) is 0.888. The van der Waals surface area contributed by atoms with Gasteiger partial charge in [-0.25, -0.2) is 0 Å². The molecule has 1 heterocycles. The molecule has 1 saturated heterocycles. The first-order valence-corrected chi connectivity index (χ1v) is 6.74. The molecule has 1 fully saturated rings. The van der Waals surface area contributed by atoms with Crippen molar-refractivity contribution in [1.82, 2.24) is 5.32 Å². The fraction of sp³-hybridized carbons (Fsp3) is 0.600. The molecule has 1 aliphatic heterocycles. The fourth-order valence-electron chi connectivity index (χ4n) is 2.76. The van der Waals surface area contributed by atoms with Crippen LogP contribution in [0.1, 0.15) is 25.0 Å². The molecule has 0 amide bonds. The molecule has 18 heavy (non-hydrogen) atoms. The van der Waals surface area contributed by atoms with Crippen LogP contribution in [0.4, 0.5) is 5.69 Å². The third kappa shape index (κ3) is 3.03. The van der Waals surface area contributed by atoms with Gasteiger partial charge in [-0.05, 0) is 45.0 Å². The van der Waals surface area contributed by atoms with E-state index in [1.54, 1.807) is 0 Å². The van der Waals surface area contributed by atoms with Gasteiger partial charge in [0.25, 0.3) is 0 Å². The first kappa shape index (κ1) is 13.4. The number of anilines is 1. The molecule has 2 atom stereocenters. The summed E-state index contributed by atoms with van der Waals surface area (Å²) in [6, 6.07) is 6.73. The fourth-order valence-corrected chi connectivity index (χ4v) is 2.76. The van der Waals surface area contributed by atoms with E-state index in [1.165, 1.54) is 16.8 Å². The van der Waals surface area contributed by atoms with Gasteiger partial charge in [-0.15, -0.1) is 0 Å². The molecule has 1 aliphatic rings. The van der Waals surface area contributed by atoms with Crippen LogP contribution in [0.5, 0.6) is 0 Å². The maximum atomic E-state index is 5.79. The highest BCUT2D eigenvalue weighted by Crippen LogP contribution is 2.25. The van der Waals surface area contributed by atoms with Gasteiger partial charge in [-0.3, -0.25) is 0 Å². The van der Waals surface area contributed by atoms with E-state index in [2.05, 4.69) is 49.2 Å². The molecule has 100 valence electrons. The summed E-state index contributed by atoms with van der Waals surface area (Å²) in [6.45, 7) is 9.38. The number of benzene rings is 1. The maximum Gasteiger partial charge on any atom is 0.0726 e. The van der Waals surface area contributed by atoms with Crippen LogP contribution in [0.25, 0.3) is 0 Å². The topological polar surface area (TPSA) is 24.5 Å². The third-order valence-corrected chi connectivity index (χ3v) is 3.40. The number of morpholine rings is 1. The van der Waals surface area contributed by atoms with E-state index in [1.807, 2.05) is 7.05 Å². The highest BCUT2D eigenvalue weighted by Gasteiger charge is 2.23. The van der Waals surface area contributed by atoms with Gasteiger partial charge < -0.3 is 15.0 Å². The highest BCUT2D eigenvalue weighted by atomic mass is 16.5. The number of nitrogens with one attached hydrogen (secondary N) is 1. The summed E-state index contributed by atoms with van der Waals surface area (Å²) in [6.07, 6.45) is 0.621. The van der Waals surface area contributed by atoms with E-state index in [0.717, 1.165) is 19.6 Å². The van der Waals surface area contributed by atoms with Gasteiger partial charge in [-0.1, -0.05) is 12.1 Å². The second-order valence-corrected chi connectivity index (χ2v) is 5.31. The summed E-state index contributed by atoms with van der Waals surface area (Å²) in [5.41, 5.74) is 4.04. The first-order chi connectivity index (χ1) is 8.60. The minimum absolute atomic E-state index is 0.310. The van der Waals surface area contributed by atoms with Crippen molar-refractivity contribution in [3.05, 3.63) is 29.3 Å². The standard InChI is InChI=1S/C15H24N2O/c1-11-7-14(8-16-4)5-6-15(11)17-9-12(2)18-13(3)10-17/h5-7,12-13,16H,8-10H2,1-4H3. The van der Waals surface area contributed by atoms with Gasteiger partial charge in [0.15, 0.2) is 0 Å². The SMILES string of the molecule is CNCc1ccc(N2CC(C)OC(C)C2)c(C)c1. The van der Waals surface area contributed by atoms with E-state index in [4.69, 9.17) is 4.74 Å². The number of ether oxygens (including phenoxy) is 1. The number of hydrogen-bond acceptors (Lipinski definition) is 3. The zero-order valence-electron chi connectivity index (χ0n) is 11.9. The Hall–Kier alpha value is -1.06. The largest absolute Gasteiger partial charge is 0.372 e. The second-order valence-electron chi connectivity index (χ2n) is 5.31. The first-order valence-electron chi connectivity index (χ1n) is 6.74. The van der Waals surface area contributed by atoms with Gasteiger partial charge >= 0.3 is 0 Å².